The Morgan fingerprint density at radius 2 is 2.06 bits per heavy atom. The third-order valence-corrected chi connectivity index (χ3v) is 3.53. The summed E-state index contributed by atoms with van der Waals surface area (Å²) in [6.45, 7) is 7.17. The molecule has 1 aromatic rings. The van der Waals surface area contributed by atoms with Crippen LogP contribution in [0.5, 0.6) is 0 Å². The van der Waals surface area contributed by atoms with Gasteiger partial charge in [-0.25, -0.2) is 0 Å². The molecule has 0 aliphatic carbocycles. The lowest BCUT2D eigenvalue weighted by Gasteiger charge is -2.41. The summed E-state index contributed by atoms with van der Waals surface area (Å²) in [6, 6.07) is 1.80. The molecule has 17 heavy (non-hydrogen) atoms. The fourth-order valence-corrected chi connectivity index (χ4v) is 2.26. The van der Waals surface area contributed by atoms with Gasteiger partial charge in [-0.1, -0.05) is 0 Å². The van der Waals surface area contributed by atoms with E-state index in [4.69, 9.17) is 4.42 Å². The van der Waals surface area contributed by atoms with E-state index in [0.717, 1.165) is 31.3 Å². The Morgan fingerprint density at radius 1 is 1.41 bits per heavy atom. The van der Waals surface area contributed by atoms with Crippen LogP contribution in [0.4, 0.5) is 6.01 Å². The summed E-state index contributed by atoms with van der Waals surface area (Å²) in [5.74, 6) is 0. The van der Waals surface area contributed by atoms with Crippen LogP contribution in [0.25, 0.3) is 0 Å². The number of oxazole rings is 1. The number of nitrogens with one attached hydrogen (secondary N) is 1. The first-order valence-corrected chi connectivity index (χ1v) is 6.17. The van der Waals surface area contributed by atoms with Crippen molar-refractivity contribution in [2.45, 2.75) is 32.5 Å². The van der Waals surface area contributed by atoms with Crippen LogP contribution in [-0.2, 0) is 6.54 Å². The highest BCUT2D eigenvalue weighted by Gasteiger charge is 2.28. The third kappa shape index (κ3) is 2.61. The molecule has 5 nitrogen and oxygen atoms in total. The molecule has 1 aromatic heterocycles. The maximum absolute atomic E-state index is 5.54. The van der Waals surface area contributed by atoms with Crippen LogP contribution < -0.4 is 10.2 Å². The maximum atomic E-state index is 5.54. The molecule has 1 aliphatic rings. The molecule has 96 valence electrons. The highest BCUT2D eigenvalue weighted by atomic mass is 16.4. The molecule has 1 saturated heterocycles. The first-order valence-electron chi connectivity index (χ1n) is 6.17. The van der Waals surface area contributed by atoms with E-state index in [1.807, 2.05) is 7.05 Å². The minimum absolute atomic E-state index is 0.526. The zero-order chi connectivity index (χ0) is 12.4. The molecular weight excluding hydrogens is 216 g/mol. The molecule has 0 aromatic carbocycles. The first-order chi connectivity index (χ1) is 8.11. The van der Waals surface area contributed by atoms with Gasteiger partial charge in [0.15, 0.2) is 0 Å². The van der Waals surface area contributed by atoms with Gasteiger partial charge in [-0.2, -0.15) is 4.98 Å². The molecule has 1 aliphatic heterocycles. The van der Waals surface area contributed by atoms with Crippen LogP contribution in [0.2, 0.25) is 0 Å². The fraction of sp³-hybridized carbons (Fsp3) is 0.750. The largest absolute Gasteiger partial charge is 0.432 e. The van der Waals surface area contributed by atoms with Crippen LogP contribution in [0.15, 0.2) is 10.7 Å². The molecule has 0 bridgehead atoms. The van der Waals surface area contributed by atoms with Crippen molar-refractivity contribution in [1.29, 1.82) is 0 Å². The fourth-order valence-electron chi connectivity index (χ4n) is 2.26. The number of nitrogens with zero attached hydrogens (tertiary/aromatic N) is 3. The van der Waals surface area contributed by atoms with Crippen molar-refractivity contribution in [3.8, 4) is 0 Å². The van der Waals surface area contributed by atoms with E-state index in [1.54, 1.807) is 6.26 Å². The Balaban J connectivity index is 2.06. The van der Waals surface area contributed by atoms with Gasteiger partial charge in [0.2, 0.25) is 0 Å². The normalized spacial score (nSPS) is 26.5. The van der Waals surface area contributed by atoms with Crippen LogP contribution in [0.1, 0.15) is 19.5 Å². The summed E-state index contributed by atoms with van der Waals surface area (Å²) >= 11 is 0. The van der Waals surface area contributed by atoms with Crippen molar-refractivity contribution in [2.75, 3.05) is 32.1 Å². The van der Waals surface area contributed by atoms with Gasteiger partial charge in [-0.3, -0.25) is 4.90 Å². The highest BCUT2D eigenvalue weighted by molar-refractivity contribution is 5.29. The predicted octanol–water partition coefficient (Wildman–Crippen LogP) is 0.923. The van der Waals surface area contributed by atoms with Crippen LogP contribution in [0, 0.1) is 0 Å². The third-order valence-electron chi connectivity index (χ3n) is 3.53. The molecule has 2 unspecified atom stereocenters. The van der Waals surface area contributed by atoms with Gasteiger partial charge in [-0.05, 0) is 27.9 Å². The Labute approximate surface area is 103 Å². The van der Waals surface area contributed by atoms with Crippen molar-refractivity contribution in [2.24, 2.45) is 0 Å². The summed E-state index contributed by atoms with van der Waals surface area (Å²) in [5, 5.41) is 3.08. The van der Waals surface area contributed by atoms with E-state index >= 15 is 0 Å². The predicted molar refractivity (Wildman–Crippen MR) is 68.2 cm³/mol. The maximum Gasteiger partial charge on any atom is 0.297 e. The SMILES string of the molecule is CNCc1coc(N2CC(C)N(C)C(C)C2)n1. The highest BCUT2D eigenvalue weighted by Crippen LogP contribution is 2.20. The number of likely N-dealkylation sites (N-methyl/N-ethyl adjacent to an activating group) is 1. The van der Waals surface area contributed by atoms with E-state index in [1.165, 1.54) is 0 Å². The van der Waals surface area contributed by atoms with Crippen molar-refractivity contribution in [3.63, 3.8) is 0 Å². The molecule has 1 fully saturated rings. The Morgan fingerprint density at radius 3 is 2.65 bits per heavy atom. The Kier molecular flexibility index (Phi) is 3.69. The monoisotopic (exact) mass is 238 g/mol. The van der Waals surface area contributed by atoms with E-state index in [0.29, 0.717) is 12.1 Å². The average Bonchev–Trinajstić information content (AvgIpc) is 2.74. The molecular formula is C12H22N4O. The molecule has 0 radical (unpaired) electrons. The van der Waals surface area contributed by atoms with Crippen molar-refractivity contribution < 1.29 is 4.42 Å². The lowest BCUT2D eigenvalue weighted by Crippen LogP contribution is -2.55. The molecule has 0 amide bonds. The van der Waals surface area contributed by atoms with E-state index in [9.17, 15) is 0 Å². The minimum atomic E-state index is 0.526. The average molecular weight is 238 g/mol. The number of rotatable bonds is 3. The smallest absolute Gasteiger partial charge is 0.297 e. The van der Waals surface area contributed by atoms with Gasteiger partial charge in [0.1, 0.15) is 6.26 Å². The van der Waals surface area contributed by atoms with Crippen molar-refractivity contribution in [1.82, 2.24) is 15.2 Å². The van der Waals surface area contributed by atoms with Crippen molar-refractivity contribution in [3.05, 3.63) is 12.0 Å². The number of anilines is 1. The summed E-state index contributed by atoms with van der Waals surface area (Å²) in [6.07, 6.45) is 1.74. The first kappa shape index (κ1) is 12.4. The van der Waals surface area contributed by atoms with Crippen LogP contribution in [0.3, 0.4) is 0 Å². The number of hydrogen-bond donors (Lipinski definition) is 1. The van der Waals surface area contributed by atoms with Gasteiger partial charge in [0.05, 0.1) is 5.69 Å². The van der Waals surface area contributed by atoms with Crippen LogP contribution in [-0.4, -0.2) is 49.2 Å². The van der Waals surface area contributed by atoms with Gasteiger partial charge in [0, 0.05) is 31.7 Å². The summed E-state index contributed by atoms with van der Waals surface area (Å²) < 4.78 is 5.54. The second-order valence-electron chi connectivity index (χ2n) is 4.92. The molecule has 2 heterocycles. The van der Waals surface area contributed by atoms with Crippen molar-refractivity contribution >= 4 is 6.01 Å². The molecule has 0 spiro atoms. The standard InChI is InChI=1S/C12H22N4O/c1-9-6-16(7-10(2)15(9)4)12-14-11(5-13-3)8-17-12/h8-10,13H,5-7H2,1-4H3. The van der Waals surface area contributed by atoms with E-state index < -0.39 is 0 Å². The second-order valence-corrected chi connectivity index (χ2v) is 4.92. The second kappa shape index (κ2) is 5.06. The summed E-state index contributed by atoms with van der Waals surface area (Å²) in [4.78, 5) is 9.12. The summed E-state index contributed by atoms with van der Waals surface area (Å²) in [7, 11) is 4.09. The molecule has 2 rings (SSSR count). The lowest BCUT2D eigenvalue weighted by molar-refractivity contribution is 0.166. The molecule has 5 heteroatoms. The molecule has 1 N–H and O–H groups in total. The van der Waals surface area contributed by atoms with Gasteiger partial charge in [-0.15, -0.1) is 0 Å². The number of piperazine rings is 1. The number of aromatic nitrogens is 1. The number of hydrogen-bond acceptors (Lipinski definition) is 5. The van der Waals surface area contributed by atoms with E-state index in [-0.39, 0.29) is 0 Å². The van der Waals surface area contributed by atoms with Gasteiger partial charge < -0.3 is 14.6 Å². The Hall–Kier alpha value is -1.07. The summed E-state index contributed by atoms with van der Waals surface area (Å²) in [5.41, 5.74) is 0.960. The van der Waals surface area contributed by atoms with Crippen LogP contribution >= 0.6 is 0 Å². The van der Waals surface area contributed by atoms with Gasteiger partial charge >= 0.3 is 0 Å². The quantitative estimate of drug-likeness (QED) is 0.848. The topological polar surface area (TPSA) is 44.5 Å². The Bertz CT molecular complexity index is 353. The van der Waals surface area contributed by atoms with E-state index in [2.05, 4.69) is 41.0 Å². The van der Waals surface area contributed by atoms with Gasteiger partial charge in [0.25, 0.3) is 6.01 Å². The lowest BCUT2D eigenvalue weighted by atomic mass is 10.1. The molecule has 2 atom stereocenters. The molecule has 0 saturated carbocycles. The zero-order valence-electron chi connectivity index (χ0n) is 11.1. The zero-order valence-corrected chi connectivity index (χ0v) is 11.1. The minimum Gasteiger partial charge on any atom is -0.432 e.